The van der Waals surface area contributed by atoms with Gasteiger partial charge in [0, 0.05) is 65.0 Å². The Kier molecular flexibility index (Phi) is 16.0. The van der Waals surface area contributed by atoms with E-state index in [2.05, 4.69) is 36.5 Å². The number of carbonyl (C=O) groups excluding carboxylic acids is 2. The molecule has 5 aromatic carbocycles. The van der Waals surface area contributed by atoms with Crippen LogP contribution in [0.15, 0.2) is 96.0 Å². The zero-order valence-electron chi connectivity index (χ0n) is 37.3. The molecular formula is C49H48BrF7N6O4. The fourth-order valence-corrected chi connectivity index (χ4v) is 7.87. The Morgan fingerprint density at radius 2 is 1.18 bits per heavy atom. The van der Waals surface area contributed by atoms with E-state index in [1.807, 2.05) is 62.6 Å². The average Bonchev–Trinajstić information content (AvgIpc) is 3.88. The van der Waals surface area contributed by atoms with Crippen LogP contribution in [0.5, 0.6) is 17.2 Å². The fraction of sp³-hybridized carbons (Fsp3) is 0.306. The first-order valence-electron chi connectivity index (χ1n) is 21.4. The van der Waals surface area contributed by atoms with Crippen molar-refractivity contribution in [3.05, 3.63) is 124 Å². The van der Waals surface area contributed by atoms with Crippen LogP contribution in [0.4, 0.5) is 42.1 Å². The predicted molar refractivity (Wildman–Crippen MR) is 249 cm³/mol. The van der Waals surface area contributed by atoms with Crippen molar-refractivity contribution >= 4 is 60.9 Å². The number of anilines is 2. The fourth-order valence-electron chi connectivity index (χ4n) is 7.43. The second-order valence-corrected chi connectivity index (χ2v) is 16.6. The van der Waals surface area contributed by atoms with Crippen LogP contribution in [-0.2, 0) is 0 Å². The SMILES string of the molecule is CCCC(=O)c1ccc(-n2cnc3c(NCCC(F)(F)F)cc(Br)cc32)cc1C.CCCC(=O)c1ccc(-n2cnc3c(NCCC(F)(F)F)cc(Oc4cccc(F)c4OC)cc32)cc1C. The third kappa shape index (κ3) is 12.5. The number of carbonyl (C=O) groups is 2. The number of rotatable bonds is 17. The summed E-state index contributed by atoms with van der Waals surface area (Å²) in [6, 6.07) is 22.0. The van der Waals surface area contributed by atoms with Crippen molar-refractivity contribution in [1.29, 1.82) is 0 Å². The molecule has 354 valence electrons. The van der Waals surface area contributed by atoms with Gasteiger partial charge in [-0.25, -0.2) is 14.4 Å². The smallest absolute Gasteiger partial charge is 0.390 e. The van der Waals surface area contributed by atoms with Crippen LogP contribution >= 0.6 is 15.9 Å². The molecule has 2 aromatic heterocycles. The van der Waals surface area contributed by atoms with E-state index in [-0.39, 0.29) is 41.9 Å². The number of Topliss-reactive ketones (excluding diaryl/α,β-unsaturated/α-hetero) is 2. The van der Waals surface area contributed by atoms with Gasteiger partial charge in [-0.3, -0.25) is 18.7 Å². The van der Waals surface area contributed by atoms with Gasteiger partial charge in [0.15, 0.2) is 28.9 Å². The molecular weight excluding hydrogens is 949 g/mol. The minimum absolute atomic E-state index is 0.0583. The summed E-state index contributed by atoms with van der Waals surface area (Å²) in [5, 5.41) is 5.63. The maximum atomic E-state index is 14.2. The van der Waals surface area contributed by atoms with Crippen LogP contribution in [0.25, 0.3) is 33.4 Å². The number of ether oxygens (including phenoxy) is 2. The normalized spacial score (nSPS) is 11.7. The van der Waals surface area contributed by atoms with Gasteiger partial charge >= 0.3 is 12.4 Å². The Hall–Kier alpha value is -6.43. The summed E-state index contributed by atoms with van der Waals surface area (Å²) in [6.45, 7) is 7.06. The molecule has 10 nitrogen and oxygen atoms in total. The number of fused-ring (bicyclic) bond motifs is 2. The first-order valence-corrected chi connectivity index (χ1v) is 22.2. The summed E-state index contributed by atoms with van der Waals surface area (Å²) in [5.41, 5.74) is 7.70. The second kappa shape index (κ2) is 21.5. The lowest BCUT2D eigenvalue weighted by molar-refractivity contribution is -0.132. The Labute approximate surface area is 390 Å². The number of nitrogens with one attached hydrogen (secondary N) is 2. The summed E-state index contributed by atoms with van der Waals surface area (Å²) < 4.78 is 105. The Morgan fingerprint density at radius 1 is 0.687 bits per heavy atom. The van der Waals surface area contributed by atoms with Crippen molar-refractivity contribution in [2.75, 3.05) is 30.8 Å². The molecule has 0 saturated carbocycles. The van der Waals surface area contributed by atoms with E-state index in [1.54, 1.807) is 41.5 Å². The summed E-state index contributed by atoms with van der Waals surface area (Å²) in [7, 11) is 1.31. The Balaban J connectivity index is 0.000000229. The zero-order valence-corrected chi connectivity index (χ0v) is 38.8. The molecule has 0 radical (unpaired) electrons. The lowest BCUT2D eigenvalue weighted by atomic mass is 10.0. The van der Waals surface area contributed by atoms with Gasteiger partial charge in [-0.2, -0.15) is 26.3 Å². The van der Waals surface area contributed by atoms with Gasteiger partial charge in [-0.05, 0) is 98.5 Å². The number of aromatic nitrogens is 4. The van der Waals surface area contributed by atoms with E-state index >= 15 is 0 Å². The highest BCUT2D eigenvalue weighted by atomic mass is 79.9. The third-order valence-electron chi connectivity index (χ3n) is 10.6. The molecule has 0 saturated heterocycles. The average molecular weight is 998 g/mol. The lowest BCUT2D eigenvalue weighted by Crippen LogP contribution is -2.14. The lowest BCUT2D eigenvalue weighted by Gasteiger charge is -2.15. The maximum absolute atomic E-state index is 14.2. The maximum Gasteiger partial charge on any atom is 0.390 e. The van der Waals surface area contributed by atoms with Crippen LogP contribution in [-0.4, -0.2) is 63.2 Å². The molecule has 67 heavy (non-hydrogen) atoms. The number of alkyl halides is 6. The minimum Gasteiger partial charge on any atom is -0.490 e. The van der Waals surface area contributed by atoms with Gasteiger partial charge in [0.05, 0.1) is 42.4 Å². The Morgan fingerprint density at radius 3 is 1.64 bits per heavy atom. The molecule has 18 heteroatoms. The van der Waals surface area contributed by atoms with E-state index in [9.17, 15) is 40.3 Å². The van der Waals surface area contributed by atoms with Gasteiger partial charge in [0.25, 0.3) is 0 Å². The number of imidazole rings is 2. The number of methoxy groups -OCH3 is 1. The van der Waals surface area contributed by atoms with Crippen molar-refractivity contribution in [2.45, 2.75) is 78.6 Å². The van der Waals surface area contributed by atoms with Gasteiger partial charge in [0.2, 0.25) is 0 Å². The Bertz CT molecular complexity index is 2890. The topological polar surface area (TPSA) is 112 Å². The number of hydrogen-bond donors (Lipinski definition) is 2. The summed E-state index contributed by atoms with van der Waals surface area (Å²) in [6.07, 6.45) is -4.82. The van der Waals surface area contributed by atoms with Crippen LogP contribution in [0, 0.1) is 19.7 Å². The molecule has 0 aliphatic carbocycles. The molecule has 0 fully saturated rings. The summed E-state index contributed by atoms with van der Waals surface area (Å²) in [4.78, 5) is 33.5. The summed E-state index contributed by atoms with van der Waals surface area (Å²) >= 11 is 3.42. The van der Waals surface area contributed by atoms with Gasteiger partial charge in [0.1, 0.15) is 29.4 Å². The monoisotopic (exact) mass is 996 g/mol. The zero-order chi connectivity index (χ0) is 48.6. The summed E-state index contributed by atoms with van der Waals surface area (Å²) in [5.74, 6) is -0.199. The molecule has 0 spiro atoms. The number of nitrogens with zero attached hydrogens (tertiary/aromatic N) is 4. The van der Waals surface area contributed by atoms with Crippen LogP contribution in [0.3, 0.4) is 0 Å². The first-order chi connectivity index (χ1) is 31.8. The highest BCUT2D eigenvalue weighted by Crippen LogP contribution is 2.38. The molecule has 2 heterocycles. The van der Waals surface area contributed by atoms with Crippen molar-refractivity contribution < 1.29 is 49.8 Å². The largest absolute Gasteiger partial charge is 0.490 e. The molecule has 0 aliphatic heterocycles. The molecule has 0 bridgehead atoms. The van der Waals surface area contributed by atoms with E-state index in [0.717, 1.165) is 39.6 Å². The number of aryl methyl sites for hydroxylation is 2. The molecule has 0 unspecified atom stereocenters. The second-order valence-electron chi connectivity index (χ2n) is 15.7. The quantitative estimate of drug-likeness (QED) is 0.0685. The van der Waals surface area contributed by atoms with Gasteiger partial charge in [-0.1, -0.05) is 35.8 Å². The number of hydrogen-bond acceptors (Lipinski definition) is 8. The molecule has 0 atom stereocenters. The molecule has 7 aromatic rings. The molecule has 0 amide bonds. The van der Waals surface area contributed by atoms with Gasteiger partial charge < -0.3 is 20.1 Å². The highest BCUT2D eigenvalue weighted by Gasteiger charge is 2.28. The van der Waals surface area contributed by atoms with Crippen molar-refractivity contribution in [2.24, 2.45) is 0 Å². The third-order valence-corrected chi connectivity index (χ3v) is 11.0. The van der Waals surface area contributed by atoms with Gasteiger partial charge in [-0.15, -0.1) is 0 Å². The molecule has 2 N–H and O–H groups in total. The highest BCUT2D eigenvalue weighted by molar-refractivity contribution is 9.10. The van der Waals surface area contributed by atoms with Crippen LogP contribution in [0.2, 0.25) is 0 Å². The standard InChI is InChI=1S/C28H27F4N3O3.C21H21BrF3N3O/c1-4-6-24(36)20-10-9-18(13-17(20)2)35-16-34-26-22(33-12-11-28(30,31)32)14-19(15-23(26)35)38-25-8-5-7-21(29)27(25)37-3;1-3-4-19(29)16-6-5-15(9-13(16)2)28-12-27-20-17(10-14(22)11-18(20)28)26-8-7-21(23,24)25/h5,7-10,13-16,33H,4,6,11-12H2,1-3H3;5-6,9-12,26H,3-4,7-8H2,1-2H3. The van der Waals surface area contributed by atoms with Crippen molar-refractivity contribution in [3.8, 4) is 28.6 Å². The van der Waals surface area contributed by atoms with E-state index in [1.165, 1.54) is 31.4 Å². The first kappa shape index (κ1) is 50.0. The van der Waals surface area contributed by atoms with Crippen molar-refractivity contribution in [3.63, 3.8) is 0 Å². The molecule has 7 rings (SSSR count). The van der Waals surface area contributed by atoms with Crippen LogP contribution < -0.4 is 20.1 Å². The number of ketones is 2. The number of benzene rings is 5. The predicted octanol–water partition coefficient (Wildman–Crippen LogP) is 14.1. The van der Waals surface area contributed by atoms with Crippen LogP contribution in [0.1, 0.15) is 84.2 Å². The van der Waals surface area contributed by atoms with E-state index < -0.39 is 31.0 Å². The van der Waals surface area contributed by atoms with E-state index in [0.29, 0.717) is 57.6 Å². The molecule has 0 aliphatic rings. The van der Waals surface area contributed by atoms with E-state index in [4.69, 9.17) is 9.47 Å². The minimum atomic E-state index is -4.33. The number of para-hydroxylation sites is 1. The number of halogens is 8. The van der Waals surface area contributed by atoms with Crippen molar-refractivity contribution in [1.82, 2.24) is 19.1 Å².